The van der Waals surface area contributed by atoms with Crippen LogP contribution in [0.15, 0.2) is 29.3 Å². The van der Waals surface area contributed by atoms with Crippen molar-refractivity contribution in [3.8, 4) is 5.75 Å². The van der Waals surface area contributed by atoms with Crippen molar-refractivity contribution in [3.05, 3.63) is 29.8 Å². The SMILES string of the molecule is CCOCCCNC(=NCC(=O)N(C)C)NCC(C)Oc1ccccc1C.I. The number of likely N-dealkylation sites (N-methyl/N-ethyl adjacent to an activating group) is 1. The molecule has 8 heteroatoms. The number of carbonyl (C=O) groups excluding carboxylic acids is 1. The maximum atomic E-state index is 11.8. The van der Waals surface area contributed by atoms with Crippen molar-refractivity contribution in [2.45, 2.75) is 33.3 Å². The molecule has 1 aromatic carbocycles. The fraction of sp³-hybridized carbons (Fsp3) is 0.600. The van der Waals surface area contributed by atoms with Crippen LogP contribution >= 0.6 is 24.0 Å². The third-order valence-electron chi connectivity index (χ3n) is 3.81. The van der Waals surface area contributed by atoms with Crippen molar-refractivity contribution in [2.24, 2.45) is 4.99 Å². The fourth-order valence-corrected chi connectivity index (χ4v) is 2.18. The number of ether oxygens (including phenoxy) is 2. The molecule has 0 fully saturated rings. The Morgan fingerprint density at radius 1 is 1.25 bits per heavy atom. The number of guanidine groups is 1. The van der Waals surface area contributed by atoms with E-state index in [-0.39, 0.29) is 42.5 Å². The molecular formula is C20H35IN4O3. The Morgan fingerprint density at radius 3 is 2.61 bits per heavy atom. The van der Waals surface area contributed by atoms with Gasteiger partial charge in [-0.3, -0.25) is 4.79 Å². The minimum Gasteiger partial charge on any atom is -0.489 e. The lowest BCUT2D eigenvalue weighted by Gasteiger charge is -2.19. The van der Waals surface area contributed by atoms with E-state index in [4.69, 9.17) is 9.47 Å². The number of hydrogen-bond donors (Lipinski definition) is 2. The van der Waals surface area contributed by atoms with Gasteiger partial charge in [0.2, 0.25) is 5.91 Å². The highest BCUT2D eigenvalue weighted by atomic mass is 127. The molecule has 0 aliphatic rings. The molecule has 1 aromatic rings. The van der Waals surface area contributed by atoms with E-state index in [0.29, 0.717) is 25.7 Å². The summed E-state index contributed by atoms with van der Waals surface area (Å²) in [5.74, 6) is 1.43. The van der Waals surface area contributed by atoms with Crippen molar-refractivity contribution in [3.63, 3.8) is 0 Å². The quantitative estimate of drug-likeness (QED) is 0.209. The van der Waals surface area contributed by atoms with Gasteiger partial charge in [0.1, 0.15) is 18.4 Å². The first kappa shape index (κ1) is 26.4. The second kappa shape index (κ2) is 15.4. The Balaban J connectivity index is 0.00000729. The average molecular weight is 506 g/mol. The maximum Gasteiger partial charge on any atom is 0.243 e. The van der Waals surface area contributed by atoms with E-state index >= 15 is 0 Å². The van der Waals surface area contributed by atoms with E-state index in [2.05, 4.69) is 15.6 Å². The molecule has 28 heavy (non-hydrogen) atoms. The number of rotatable bonds is 11. The zero-order chi connectivity index (χ0) is 20.1. The van der Waals surface area contributed by atoms with Crippen LogP contribution in [0.1, 0.15) is 25.8 Å². The zero-order valence-corrected chi connectivity index (χ0v) is 20.0. The molecule has 160 valence electrons. The van der Waals surface area contributed by atoms with Crippen molar-refractivity contribution in [1.82, 2.24) is 15.5 Å². The number of halogens is 1. The summed E-state index contributed by atoms with van der Waals surface area (Å²) in [4.78, 5) is 17.7. The lowest BCUT2D eigenvalue weighted by Crippen LogP contribution is -2.43. The van der Waals surface area contributed by atoms with Gasteiger partial charge < -0.3 is 25.0 Å². The van der Waals surface area contributed by atoms with Gasteiger partial charge in [-0.1, -0.05) is 18.2 Å². The number of benzene rings is 1. The standard InChI is InChI=1S/C20H34N4O3.HI/c1-6-26-13-9-12-21-20(23-15-19(25)24(4)5)22-14-17(3)27-18-11-8-7-10-16(18)2;/h7-8,10-11,17H,6,9,12-15H2,1-5H3,(H2,21,22,23);1H. The van der Waals surface area contributed by atoms with E-state index in [1.54, 1.807) is 14.1 Å². The molecule has 7 nitrogen and oxygen atoms in total. The molecular weight excluding hydrogens is 471 g/mol. The van der Waals surface area contributed by atoms with Crippen LogP contribution in [0.3, 0.4) is 0 Å². The molecule has 0 aliphatic heterocycles. The Bertz CT molecular complexity index is 597. The van der Waals surface area contributed by atoms with E-state index in [0.717, 1.165) is 24.3 Å². The highest BCUT2D eigenvalue weighted by Gasteiger charge is 2.09. The largest absolute Gasteiger partial charge is 0.489 e. The maximum absolute atomic E-state index is 11.8. The van der Waals surface area contributed by atoms with Gasteiger partial charge in [-0.2, -0.15) is 0 Å². The number of amides is 1. The number of nitrogens with one attached hydrogen (secondary N) is 2. The van der Waals surface area contributed by atoms with Crippen molar-refractivity contribution in [1.29, 1.82) is 0 Å². The number of nitrogens with zero attached hydrogens (tertiary/aromatic N) is 2. The summed E-state index contributed by atoms with van der Waals surface area (Å²) in [5.41, 5.74) is 1.10. The molecule has 0 radical (unpaired) electrons. The highest BCUT2D eigenvalue weighted by molar-refractivity contribution is 14.0. The first-order chi connectivity index (χ1) is 12.9. The smallest absolute Gasteiger partial charge is 0.243 e. The van der Waals surface area contributed by atoms with Gasteiger partial charge in [0.25, 0.3) is 0 Å². The Hall–Kier alpha value is -1.55. The molecule has 1 rings (SSSR count). The van der Waals surface area contributed by atoms with Crippen LogP contribution in [0.25, 0.3) is 0 Å². The zero-order valence-electron chi connectivity index (χ0n) is 17.7. The van der Waals surface area contributed by atoms with Gasteiger partial charge in [0.05, 0.1) is 6.54 Å². The normalized spacial score (nSPS) is 12.0. The number of hydrogen-bond acceptors (Lipinski definition) is 4. The van der Waals surface area contributed by atoms with Gasteiger partial charge in [-0.15, -0.1) is 24.0 Å². The molecule has 0 spiro atoms. The third-order valence-corrected chi connectivity index (χ3v) is 3.81. The van der Waals surface area contributed by atoms with Crippen LogP contribution in [-0.2, 0) is 9.53 Å². The molecule has 1 amide bonds. The van der Waals surface area contributed by atoms with Crippen LogP contribution in [0.5, 0.6) is 5.75 Å². The average Bonchev–Trinajstić information content (AvgIpc) is 2.64. The van der Waals surface area contributed by atoms with Crippen molar-refractivity contribution in [2.75, 3.05) is 46.9 Å². The Morgan fingerprint density at radius 2 is 1.96 bits per heavy atom. The van der Waals surface area contributed by atoms with Crippen molar-refractivity contribution < 1.29 is 14.3 Å². The summed E-state index contributed by atoms with van der Waals surface area (Å²) in [6, 6.07) is 7.93. The molecule has 2 N–H and O–H groups in total. The molecule has 0 bridgehead atoms. The minimum absolute atomic E-state index is 0. The first-order valence-electron chi connectivity index (χ1n) is 9.46. The second-order valence-electron chi connectivity index (χ2n) is 6.51. The van der Waals surface area contributed by atoms with Gasteiger partial charge in [0, 0.05) is 33.9 Å². The molecule has 0 saturated carbocycles. The van der Waals surface area contributed by atoms with Gasteiger partial charge in [0.15, 0.2) is 5.96 Å². The van der Waals surface area contributed by atoms with Gasteiger partial charge >= 0.3 is 0 Å². The van der Waals surface area contributed by atoms with E-state index in [1.165, 1.54) is 4.90 Å². The van der Waals surface area contributed by atoms with Crippen LogP contribution in [-0.4, -0.2) is 69.8 Å². The lowest BCUT2D eigenvalue weighted by molar-refractivity contribution is -0.127. The third kappa shape index (κ3) is 11.3. The van der Waals surface area contributed by atoms with Crippen LogP contribution in [0.4, 0.5) is 0 Å². The predicted molar refractivity (Wildman–Crippen MR) is 125 cm³/mol. The number of para-hydroxylation sites is 1. The summed E-state index contributed by atoms with van der Waals surface area (Å²) in [6.45, 7) is 8.79. The van der Waals surface area contributed by atoms with Crippen molar-refractivity contribution >= 4 is 35.8 Å². The fourth-order valence-electron chi connectivity index (χ4n) is 2.18. The topological polar surface area (TPSA) is 75.2 Å². The first-order valence-corrected chi connectivity index (χ1v) is 9.46. The van der Waals surface area contributed by atoms with E-state index in [9.17, 15) is 4.79 Å². The number of carbonyl (C=O) groups is 1. The van der Waals surface area contributed by atoms with E-state index in [1.807, 2.05) is 45.0 Å². The van der Waals surface area contributed by atoms with Gasteiger partial charge in [-0.05, 0) is 38.8 Å². The molecule has 0 heterocycles. The Labute approximate surface area is 186 Å². The molecule has 0 aliphatic carbocycles. The minimum atomic E-state index is -0.0499. The summed E-state index contributed by atoms with van der Waals surface area (Å²) in [5, 5.41) is 6.48. The summed E-state index contributed by atoms with van der Waals surface area (Å²) in [7, 11) is 3.44. The van der Waals surface area contributed by atoms with Crippen LogP contribution in [0.2, 0.25) is 0 Å². The summed E-state index contributed by atoms with van der Waals surface area (Å²) < 4.78 is 11.3. The summed E-state index contributed by atoms with van der Waals surface area (Å²) >= 11 is 0. The predicted octanol–water partition coefficient (Wildman–Crippen LogP) is 2.43. The van der Waals surface area contributed by atoms with Gasteiger partial charge in [-0.25, -0.2) is 4.99 Å². The van der Waals surface area contributed by atoms with Crippen LogP contribution < -0.4 is 15.4 Å². The molecule has 1 atom stereocenters. The Kier molecular flexibility index (Phi) is 14.5. The number of aryl methyl sites for hydroxylation is 1. The molecule has 1 unspecified atom stereocenters. The summed E-state index contributed by atoms with van der Waals surface area (Å²) in [6.07, 6.45) is 0.817. The molecule has 0 aromatic heterocycles. The monoisotopic (exact) mass is 506 g/mol. The second-order valence-corrected chi connectivity index (χ2v) is 6.51. The highest BCUT2D eigenvalue weighted by Crippen LogP contribution is 2.17. The molecule has 0 saturated heterocycles. The van der Waals surface area contributed by atoms with E-state index < -0.39 is 0 Å². The lowest BCUT2D eigenvalue weighted by atomic mass is 10.2. The number of aliphatic imine (C=N–C) groups is 1. The van der Waals surface area contributed by atoms with Crippen LogP contribution in [0, 0.1) is 6.92 Å².